The molecule has 1 aliphatic rings. The zero-order chi connectivity index (χ0) is 25.5. The summed E-state index contributed by atoms with van der Waals surface area (Å²) < 4.78 is 5.60. The normalized spacial score (nSPS) is 12.8. The fourth-order valence-corrected chi connectivity index (χ4v) is 4.64. The number of nitrogens with one attached hydrogen (secondary N) is 1. The number of hydrogen-bond donors (Lipinski definition) is 2. The molecule has 0 aromatic heterocycles. The van der Waals surface area contributed by atoms with Gasteiger partial charge in [-0.25, -0.2) is 4.79 Å². The van der Waals surface area contributed by atoms with Crippen molar-refractivity contribution >= 4 is 18.0 Å². The molecule has 0 bridgehead atoms. The highest BCUT2D eigenvalue weighted by Gasteiger charge is 2.30. The first-order chi connectivity index (χ1) is 17.5. The third kappa shape index (κ3) is 5.74. The molecule has 0 heterocycles. The molecular weight excluding hydrogens is 456 g/mol. The quantitative estimate of drug-likeness (QED) is 0.429. The van der Waals surface area contributed by atoms with Crippen LogP contribution >= 0.6 is 0 Å². The summed E-state index contributed by atoms with van der Waals surface area (Å²) in [4.78, 5) is 38.7. The lowest BCUT2D eigenvalue weighted by atomic mass is 9.98. The number of rotatable bonds is 10. The van der Waals surface area contributed by atoms with Gasteiger partial charge in [-0.15, -0.1) is 0 Å². The number of amides is 2. The van der Waals surface area contributed by atoms with E-state index in [0.717, 1.165) is 27.8 Å². The minimum Gasteiger partial charge on any atom is -0.481 e. The molecule has 1 aliphatic carbocycles. The van der Waals surface area contributed by atoms with Gasteiger partial charge in [-0.2, -0.15) is 0 Å². The van der Waals surface area contributed by atoms with Gasteiger partial charge in [0.05, 0.1) is 6.42 Å². The van der Waals surface area contributed by atoms with Crippen LogP contribution in [-0.2, 0) is 20.9 Å². The summed E-state index contributed by atoms with van der Waals surface area (Å²) in [6.45, 7) is 2.25. The van der Waals surface area contributed by atoms with Crippen molar-refractivity contribution in [3.63, 3.8) is 0 Å². The van der Waals surface area contributed by atoms with Crippen molar-refractivity contribution in [1.82, 2.24) is 10.2 Å². The van der Waals surface area contributed by atoms with Gasteiger partial charge in [-0.1, -0.05) is 85.8 Å². The average Bonchev–Trinajstić information content (AvgIpc) is 3.22. The van der Waals surface area contributed by atoms with Crippen molar-refractivity contribution in [3.8, 4) is 11.1 Å². The zero-order valence-electron chi connectivity index (χ0n) is 20.2. The number of carbonyl (C=O) groups excluding carboxylic acids is 2. The second-order valence-electron chi connectivity index (χ2n) is 8.82. The molecule has 0 aliphatic heterocycles. The number of ether oxygens (including phenoxy) is 1. The molecule has 36 heavy (non-hydrogen) atoms. The fourth-order valence-electron chi connectivity index (χ4n) is 4.64. The first-order valence-electron chi connectivity index (χ1n) is 12.1. The van der Waals surface area contributed by atoms with Gasteiger partial charge < -0.3 is 20.1 Å². The second-order valence-corrected chi connectivity index (χ2v) is 8.82. The minimum atomic E-state index is -0.988. The van der Waals surface area contributed by atoms with Crippen molar-refractivity contribution in [1.29, 1.82) is 0 Å². The predicted molar refractivity (Wildman–Crippen MR) is 136 cm³/mol. The molecule has 7 heteroatoms. The summed E-state index contributed by atoms with van der Waals surface area (Å²) in [5.74, 6) is -1.40. The highest BCUT2D eigenvalue weighted by Crippen LogP contribution is 2.44. The van der Waals surface area contributed by atoms with Crippen LogP contribution in [-0.4, -0.2) is 47.2 Å². The number of nitrogens with zero attached hydrogens (tertiary/aromatic N) is 1. The van der Waals surface area contributed by atoms with E-state index in [2.05, 4.69) is 17.4 Å². The van der Waals surface area contributed by atoms with E-state index in [9.17, 15) is 14.4 Å². The molecule has 4 rings (SSSR count). The molecule has 2 N–H and O–H groups in total. The molecule has 3 aromatic rings. The van der Waals surface area contributed by atoms with Crippen LogP contribution in [0, 0.1) is 0 Å². The van der Waals surface area contributed by atoms with E-state index in [-0.39, 0.29) is 37.9 Å². The smallest absolute Gasteiger partial charge is 0.407 e. The molecular formula is C29H30N2O5. The number of aliphatic carboxylic acids is 1. The molecule has 1 atom stereocenters. The molecule has 2 amide bonds. The summed E-state index contributed by atoms with van der Waals surface area (Å²) >= 11 is 0. The van der Waals surface area contributed by atoms with Crippen LogP contribution in [0.1, 0.15) is 42.4 Å². The Balaban J connectivity index is 1.41. The molecule has 0 spiro atoms. The Morgan fingerprint density at radius 3 is 2.08 bits per heavy atom. The maximum Gasteiger partial charge on any atom is 0.407 e. The fraction of sp³-hybridized carbons (Fsp3) is 0.276. The van der Waals surface area contributed by atoms with Crippen LogP contribution in [0.15, 0.2) is 78.9 Å². The summed E-state index contributed by atoms with van der Waals surface area (Å²) in [5, 5.41) is 11.8. The predicted octanol–water partition coefficient (Wildman–Crippen LogP) is 4.81. The molecule has 0 radical (unpaired) electrons. The van der Waals surface area contributed by atoms with E-state index >= 15 is 0 Å². The van der Waals surface area contributed by atoms with Gasteiger partial charge in [0, 0.05) is 19.0 Å². The molecule has 186 valence electrons. The molecule has 1 unspecified atom stereocenters. The van der Waals surface area contributed by atoms with Crippen molar-refractivity contribution in [2.45, 2.75) is 38.3 Å². The number of alkyl carbamates (subject to hydrolysis) is 1. The Morgan fingerprint density at radius 1 is 0.917 bits per heavy atom. The van der Waals surface area contributed by atoms with Gasteiger partial charge in [0.25, 0.3) is 0 Å². The third-order valence-electron chi connectivity index (χ3n) is 6.47. The Kier molecular flexibility index (Phi) is 8.00. The topological polar surface area (TPSA) is 95.9 Å². The number of hydrogen-bond acceptors (Lipinski definition) is 4. The highest BCUT2D eigenvalue weighted by molar-refractivity contribution is 5.86. The average molecular weight is 487 g/mol. The monoisotopic (exact) mass is 486 g/mol. The first-order valence-corrected chi connectivity index (χ1v) is 12.1. The van der Waals surface area contributed by atoms with Gasteiger partial charge in [0.1, 0.15) is 12.6 Å². The lowest BCUT2D eigenvalue weighted by molar-refractivity contribution is -0.139. The Morgan fingerprint density at radius 2 is 1.50 bits per heavy atom. The van der Waals surface area contributed by atoms with Gasteiger partial charge in [-0.05, 0) is 34.2 Å². The van der Waals surface area contributed by atoms with Crippen LogP contribution in [0.2, 0.25) is 0 Å². The van der Waals surface area contributed by atoms with Crippen molar-refractivity contribution < 1.29 is 24.2 Å². The zero-order valence-corrected chi connectivity index (χ0v) is 20.2. The lowest BCUT2D eigenvalue weighted by Crippen LogP contribution is -2.48. The summed E-state index contributed by atoms with van der Waals surface area (Å²) in [7, 11) is 0. The van der Waals surface area contributed by atoms with E-state index in [1.54, 1.807) is 6.92 Å². The SMILES string of the molecule is CCC(NC(=O)OCC1c2ccccc2-c2ccccc21)C(=O)N(CCC(=O)O)Cc1ccccc1. The molecule has 7 nitrogen and oxygen atoms in total. The van der Waals surface area contributed by atoms with Crippen molar-refractivity contribution in [2.75, 3.05) is 13.2 Å². The summed E-state index contributed by atoms with van der Waals surface area (Å²) in [5.41, 5.74) is 5.37. The van der Waals surface area contributed by atoms with Crippen LogP contribution in [0.3, 0.4) is 0 Å². The van der Waals surface area contributed by atoms with Crippen LogP contribution in [0.25, 0.3) is 11.1 Å². The second kappa shape index (κ2) is 11.5. The van der Waals surface area contributed by atoms with E-state index in [1.165, 1.54) is 4.90 Å². The highest BCUT2D eigenvalue weighted by atomic mass is 16.5. The van der Waals surface area contributed by atoms with Crippen molar-refractivity contribution in [2.24, 2.45) is 0 Å². The van der Waals surface area contributed by atoms with Gasteiger partial charge in [0.2, 0.25) is 5.91 Å². The number of carbonyl (C=O) groups is 3. The largest absolute Gasteiger partial charge is 0.481 e. The van der Waals surface area contributed by atoms with Crippen LogP contribution in [0.5, 0.6) is 0 Å². The molecule has 0 fully saturated rings. The van der Waals surface area contributed by atoms with Crippen LogP contribution < -0.4 is 5.32 Å². The Hall–Kier alpha value is -4.13. The van der Waals surface area contributed by atoms with E-state index in [0.29, 0.717) is 6.42 Å². The Bertz CT molecular complexity index is 1180. The standard InChI is InChI=1S/C29H30N2O5/c1-2-26(28(34)31(17-16-27(32)33)18-20-10-4-3-5-11-20)30-29(35)36-19-25-23-14-8-6-12-21(23)22-13-7-9-15-24(22)25/h3-15,25-26H,2,16-19H2,1H3,(H,30,35)(H,32,33). The maximum atomic E-state index is 13.3. The van der Waals surface area contributed by atoms with E-state index in [1.807, 2.05) is 66.7 Å². The van der Waals surface area contributed by atoms with Gasteiger partial charge in [-0.3, -0.25) is 9.59 Å². The van der Waals surface area contributed by atoms with Gasteiger partial charge >= 0.3 is 12.1 Å². The lowest BCUT2D eigenvalue weighted by Gasteiger charge is -2.27. The van der Waals surface area contributed by atoms with E-state index in [4.69, 9.17) is 9.84 Å². The number of carboxylic acid groups (broad SMARTS) is 1. The summed E-state index contributed by atoms with van der Waals surface area (Å²) in [6, 6.07) is 24.7. The maximum absolute atomic E-state index is 13.3. The Labute approximate surface area is 210 Å². The number of carboxylic acids is 1. The molecule has 0 saturated heterocycles. The number of fused-ring (bicyclic) bond motifs is 3. The first kappa shape index (κ1) is 25.0. The van der Waals surface area contributed by atoms with E-state index < -0.39 is 18.1 Å². The molecule has 0 saturated carbocycles. The minimum absolute atomic E-state index is 0.0476. The van der Waals surface area contributed by atoms with Crippen molar-refractivity contribution in [3.05, 3.63) is 95.6 Å². The molecule has 3 aromatic carbocycles. The van der Waals surface area contributed by atoms with Crippen LogP contribution in [0.4, 0.5) is 4.79 Å². The number of benzene rings is 3. The summed E-state index contributed by atoms with van der Waals surface area (Å²) in [6.07, 6.45) is -0.503. The van der Waals surface area contributed by atoms with Gasteiger partial charge in [0.15, 0.2) is 0 Å². The third-order valence-corrected chi connectivity index (χ3v) is 6.47.